The first kappa shape index (κ1) is 11.8. The zero-order chi connectivity index (χ0) is 9.83. The summed E-state index contributed by atoms with van der Waals surface area (Å²) < 4.78 is 33.8. The predicted molar refractivity (Wildman–Crippen MR) is 40.1 cm³/mol. The third-order valence-electron chi connectivity index (χ3n) is 1.16. The fraction of sp³-hybridized carbons (Fsp3) is 1.00. The molecule has 0 bridgehead atoms. The third kappa shape index (κ3) is 3.46. The van der Waals surface area contributed by atoms with E-state index < -0.39 is 21.7 Å². The predicted octanol–water partition coefficient (Wildman–Crippen LogP) is -1.41. The van der Waals surface area contributed by atoms with E-state index in [9.17, 15) is 8.42 Å². The zero-order valence-corrected chi connectivity index (χ0v) is 7.41. The molecule has 0 aliphatic heterocycles. The van der Waals surface area contributed by atoms with E-state index in [4.69, 9.17) is 14.8 Å². The van der Waals surface area contributed by atoms with Gasteiger partial charge in [0, 0.05) is 0 Å². The summed E-state index contributed by atoms with van der Waals surface area (Å²) in [6.07, 6.45) is 0. The SMILES string of the molecule is C[C@@](O)(COCCO)S(=O)(=O)O. The van der Waals surface area contributed by atoms with Gasteiger partial charge in [0.15, 0.2) is 0 Å². The molecule has 6 nitrogen and oxygen atoms in total. The number of rotatable bonds is 5. The van der Waals surface area contributed by atoms with Crippen molar-refractivity contribution in [1.82, 2.24) is 0 Å². The van der Waals surface area contributed by atoms with Gasteiger partial charge in [0.1, 0.15) is 0 Å². The Kier molecular flexibility index (Phi) is 4.08. The second kappa shape index (κ2) is 4.15. The molecule has 0 amide bonds. The standard InChI is InChI=1S/C5H12O6S/c1-5(7,12(8,9)10)4-11-3-2-6/h6-7H,2-4H2,1H3,(H,8,9,10)/t5-/m0/s1. The monoisotopic (exact) mass is 200 g/mol. The molecule has 0 aliphatic rings. The lowest BCUT2D eigenvalue weighted by molar-refractivity contribution is 0.00264. The highest BCUT2D eigenvalue weighted by molar-refractivity contribution is 7.87. The Balaban J connectivity index is 4.06. The Labute approximate surface area is 70.5 Å². The van der Waals surface area contributed by atoms with Crippen molar-refractivity contribution in [3.8, 4) is 0 Å². The first-order valence-corrected chi connectivity index (χ1v) is 4.63. The molecule has 0 radical (unpaired) electrons. The van der Waals surface area contributed by atoms with Gasteiger partial charge in [0.05, 0.1) is 19.8 Å². The number of ether oxygens (including phenoxy) is 1. The van der Waals surface area contributed by atoms with Crippen LogP contribution in [0.2, 0.25) is 0 Å². The minimum atomic E-state index is -4.53. The molecule has 0 rings (SSSR count). The van der Waals surface area contributed by atoms with Crippen LogP contribution in [0.25, 0.3) is 0 Å². The van der Waals surface area contributed by atoms with Crippen molar-refractivity contribution >= 4 is 10.1 Å². The smallest absolute Gasteiger partial charge is 0.297 e. The van der Waals surface area contributed by atoms with Crippen LogP contribution < -0.4 is 0 Å². The molecule has 0 heterocycles. The highest BCUT2D eigenvalue weighted by Gasteiger charge is 2.35. The topological polar surface area (TPSA) is 104 Å². The summed E-state index contributed by atoms with van der Waals surface area (Å²) in [5, 5.41) is 17.3. The van der Waals surface area contributed by atoms with Gasteiger partial charge in [-0.2, -0.15) is 8.42 Å². The molecular weight excluding hydrogens is 188 g/mol. The van der Waals surface area contributed by atoms with Crippen LogP contribution >= 0.6 is 0 Å². The second-order valence-electron chi connectivity index (χ2n) is 2.43. The number of hydrogen-bond donors (Lipinski definition) is 3. The highest BCUT2D eigenvalue weighted by Crippen LogP contribution is 2.11. The van der Waals surface area contributed by atoms with Crippen LogP contribution in [0.15, 0.2) is 0 Å². The molecule has 1 atom stereocenters. The summed E-state index contributed by atoms with van der Waals surface area (Å²) in [5.41, 5.74) is 0. The van der Waals surface area contributed by atoms with Crippen LogP contribution in [0.5, 0.6) is 0 Å². The summed E-state index contributed by atoms with van der Waals surface area (Å²) >= 11 is 0. The van der Waals surface area contributed by atoms with E-state index in [1.54, 1.807) is 0 Å². The Morgan fingerprint density at radius 1 is 1.50 bits per heavy atom. The van der Waals surface area contributed by atoms with Crippen molar-refractivity contribution in [2.45, 2.75) is 11.9 Å². The van der Waals surface area contributed by atoms with Crippen LogP contribution in [0.3, 0.4) is 0 Å². The van der Waals surface area contributed by atoms with Gasteiger partial charge in [0.25, 0.3) is 10.1 Å². The number of hydrogen-bond acceptors (Lipinski definition) is 5. The lowest BCUT2D eigenvalue weighted by Gasteiger charge is -2.18. The lowest BCUT2D eigenvalue weighted by Crippen LogP contribution is -2.39. The third-order valence-corrected chi connectivity index (χ3v) is 2.39. The fourth-order valence-corrected chi connectivity index (χ4v) is 0.633. The molecule has 0 aromatic carbocycles. The molecule has 12 heavy (non-hydrogen) atoms. The molecule has 0 spiro atoms. The number of aliphatic hydroxyl groups is 2. The molecule has 7 heteroatoms. The summed E-state index contributed by atoms with van der Waals surface area (Å²) in [4.78, 5) is -2.32. The first-order chi connectivity index (χ1) is 5.31. The van der Waals surface area contributed by atoms with Crippen molar-refractivity contribution < 1.29 is 27.9 Å². The van der Waals surface area contributed by atoms with E-state index in [2.05, 4.69) is 4.74 Å². The lowest BCUT2D eigenvalue weighted by atomic mass is 10.4. The summed E-state index contributed by atoms with van der Waals surface area (Å²) in [7, 11) is -4.53. The van der Waals surface area contributed by atoms with E-state index in [1.165, 1.54) is 0 Å². The Bertz CT molecular complexity index is 218. The Morgan fingerprint density at radius 3 is 2.33 bits per heavy atom. The molecule has 0 aromatic rings. The van der Waals surface area contributed by atoms with E-state index in [1.807, 2.05) is 0 Å². The van der Waals surface area contributed by atoms with Crippen molar-refractivity contribution in [3.63, 3.8) is 0 Å². The van der Waals surface area contributed by atoms with E-state index in [0.29, 0.717) is 0 Å². The summed E-state index contributed by atoms with van der Waals surface area (Å²) in [6, 6.07) is 0. The summed E-state index contributed by atoms with van der Waals surface area (Å²) in [6.45, 7) is -0.0423. The zero-order valence-electron chi connectivity index (χ0n) is 6.60. The normalized spacial score (nSPS) is 17.3. The van der Waals surface area contributed by atoms with Crippen LogP contribution in [0.4, 0.5) is 0 Å². The van der Waals surface area contributed by atoms with Gasteiger partial charge < -0.3 is 14.9 Å². The first-order valence-electron chi connectivity index (χ1n) is 3.19. The van der Waals surface area contributed by atoms with Crippen LogP contribution in [-0.2, 0) is 14.9 Å². The largest absolute Gasteiger partial charge is 0.394 e. The molecule has 0 fully saturated rings. The average Bonchev–Trinajstić information content (AvgIpc) is 1.85. The minimum absolute atomic E-state index is 0.0916. The van der Waals surface area contributed by atoms with Gasteiger partial charge in [-0.3, -0.25) is 4.55 Å². The van der Waals surface area contributed by atoms with Gasteiger partial charge in [-0.05, 0) is 6.92 Å². The molecule has 0 unspecified atom stereocenters. The molecule has 0 saturated heterocycles. The van der Waals surface area contributed by atoms with Crippen molar-refractivity contribution in [3.05, 3.63) is 0 Å². The molecule has 74 valence electrons. The van der Waals surface area contributed by atoms with Gasteiger partial charge in [-0.25, -0.2) is 0 Å². The van der Waals surface area contributed by atoms with Gasteiger partial charge in [-0.15, -0.1) is 0 Å². The maximum absolute atomic E-state index is 10.4. The van der Waals surface area contributed by atoms with Gasteiger partial charge in [0.2, 0.25) is 4.93 Å². The maximum atomic E-state index is 10.4. The molecule has 0 saturated carbocycles. The van der Waals surface area contributed by atoms with Gasteiger partial charge in [-0.1, -0.05) is 0 Å². The van der Waals surface area contributed by atoms with E-state index in [-0.39, 0.29) is 13.2 Å². The Morgan fingerprint density at radius 2 is 2.00 bits per heavy atom. The Hall–Kier alpha value is -0.210. The quantitative estimate of drug-likeness (QED) is 0.372. The van der Waals surface area contributed by atoms with Crippen LogP contribution in [-0.4, -0.2) is 47.9 Å². The van der Waals surface area contributed by atoms with Crippen molar-refractivity contribution in [2.24, 2.45) is 0 Å². The maximum Gasteiger partial charge on any atom is 0.297 e. The fourth-order valence-electron chi connectivity index (χ4n) is 0.401. The van der Waals surface area contributed by atoms with Crippen molar-refractivity contribution in [1.29, 1.82) is 0 Å². The minimum Gasteiger partial charge on any atom is -0.394 e. The van der Waals surface area contributed by atoms with E-state index >= 15 is 0 Å². The highest BCUT2D eigenvalue weighted by atomic mass is 32.2. The second-order valence-corrected chi connectivity index (χ2v) is 4.26. The van der Waals surface area contributed by atoms with Crippen LogP contribution in [0, 0.1) is 0 Å². The van der Waals surface area contributed by atoms with Crippen LogP contribution in [0.1, 0.15) is 6.92 Å². The van der Waals surface area contributed by atoms with Crippen molar-refractivity contribution in [2.75, 3.05) is 19.8 Å². The molecule has 0 aliphatic carbocycles. The van der Waals surface area contributed by atoms with Gasteiger partial charge >= 0.3 is 0 Å². The molecular formula is C5H12O6S. The molecule has 3 N–H and O–H groups in total. The molecule has 0 aromatic heterocycles. The number of aliphatic hydroxyl groups excluding tert-OH is 1. The van der Waals surface area contributed by atoms with E-state index in [0.717, 1.165) is 6.92 Å². The summed E-state index contributed by atoms with van der Waals surface area (Å²) in [5.74, 6) is 0. The average molecular weight is 200 g/mol.